The van der Waals surface area contributed by atoms with Crippen LogP contribution in [0.25, 0.3) is 0 Å². The Bertz CT molecular complexity index is 116. The van der Waals surface area contributed by atoms with E-state index in [-0.39, 0.29) is 12.7 Å². The Morgan fingerprint density at radius 2 is 1.69 bits per heavy atom. The molecule has 1 unspecified atom stereocenters. The van der Waals surface area contributed by atoms with Gasteiger partial charge in [-0.3, -0.25) is 0 Å². The van der Waals surface area contributed by atoms with Gasteiger partial charge < -0.3 is 10.2 Å². The molecule has 0 spiro atoms. The number of unbranched alkanes of at least 4 members (excludes halogenated alkanes) is 1. The van der Waals surface area contributed by atoms with Crippen molar-refractivity contribution in [1.82, 2.24) is 0 Å². The van der Waals surface area contributed by atoms with E-state index in [1.807, 2.05) is 0 Å². The lowest BCUT2D eigenvalue weighted by molar-refractivity contribution is 0.121. The third kappa shape index (κ3) is 9.84. The Labute approximate surface area is 82.0 Å². The lowest BCUT2D eigenvalue weighted by Gasteiger charge is -2.18. The van der Waals surface area contributed by atoms with Crippen LogP contribution in [0.3, 0.4) is 0 Å². The van der Waals surface area contributed by atoms with Crippen LogP contribution < -0.4 is 0 Å². The van der Waals surface area contributed by atoms with E-state index in [2.05, 4.69) is 20.8 Å². The van der Waals surface area contributed by atoms with E-state index in [9.17, 15) is 5.11 Å². The van der Waals surface area contributed by atoms with E-state index < -0.39 is 0 Å². The van der Waals surface area contributed by atoms with Crippen molar-refractivity contribution in [1.29, 1.82) is 0 Å². The summed E-state index contributed by atoms with van der Waals surface area (Å²) >= 11 is 0. The Morgan fingerprint density at radius 1 is 1.08 bits per heavy atom. The fourth-order valence-electron chi connectivity index (χ4n) is 1.33. The maximum atomic E-state index is 9.32. The summed E-state index contributed by atoms with van der Waals surface area (Å²) in [6.45, 7) is 6.80. The van der Waals surface area contributed by atoms with Gasteiger partial charge in [-0.1, -0.05) is 33.6 Å². The lowest BCUT2D eigenvalue weighted by atomic mass is 9.89. The molecule has 0 rings (SSSR count). The molecule has 0 aliphatic heterocycles. The quantitative estimate of drug-likeness (QED) is 0.628. The maximum Gasteiger partial charge on any atom is 0.0562 e. The molecule has 0 aromatic heterocycles. The number of aliphatic hydroxyl groups is 2. The minimum atomic E-state index is -0.301. The fraction of sp³-hybridized carbons (Fsp3) is 1.00. The SMILES string of the molecule is CC(C)(C)CCCCC(O)CCO. The molecule has 0 aromatic rings. The van der Waals surface area contributed by atoms with Gasteiger partial charge in [-0.25, -0.2) is 0 Å². The van der Waals surface area contributed by atoms with Crippen molar-refractivity contribution in [2.45, 2.75) is 59.0 Å². The van der Waals surface area contributed by atoms with Crippen LogP contribution in [-0.2, 0) is 0 Å². The molecule has 2 heteroatoms. The highest BCUT2D eigenvalue weighted by atomic mass is 16.3. The van der Waals surface area contributed by atoms with Gasteiger partial charge in [0, 0.05) is 6.61 Å². The van der Waals surface area contributed by atoms with Gasteiger partial charge in [0.2, 0.25) is 0 Å². The van der Waals surface area contributed by atoms with E-state index in [0.717, 1.165) is 12.8 Å². The number of hydrogen-bond acceptors (Lipinski definition) is 2. The van der Waals surface area contributed by atoms with Crippen molar-refractivity contribution in [2.75, 3.05) is 6.61 Å². The molecule has 2 N–H and O–H groups in total. The Hall–Kier alpha value is -0.0800. The van der Waals surface area contributed by atoms with Gasteiger partial charge in [0.05, 0.1) is 6.10 Å². The second kappa shape index (κ2) is 6.39. The van der Waals surface area contributed by atoms with Crippen LogP contribution >= 0.6 is 0 Å². The van der Waals surface area contributed by atoms with Crippen molar-refractivity contribution >= 4 is 0 Å². The summed E-state index contributed by atoms with van der Waals surface area (Å²) in [4.78, 5) is 0. The largest absolute Gasteiger partial charge is 0.396 e. The average molecular weight is 188 g/mol. The van der Waals surface area contributed by atoms with Gasteiger partial charge in [-0.05, 0) is 24.7 Å². The zero-order chi connectivity index (χ0) is 10.3. The van der Waals surface area contributed by atoms with E-state index >= 15 is 0 Å². The van der Waals surface area contributed by atoms with Crippen LogP contribution in [0.4, 0.5) is 0 Å². The topological polar surface area (TPSA) is 40.5 Å². The van der Waals surface area contributed by atoms with Crippen molar-refractivity contribution in [3.63, 3.8) is 0 Å². The van der Waals surface area contributed by atoms with Crippen LogP contribution in [0.2, 0.25) is 0 Å². The highest BCUT2D eigenvalue weighted by Crippen LogP contribution is 2.22. The molecule has 1 atom stereocenters. The van der Waals surface area contributed by atoms with Gasteiger partial charge in [-0.15, -0.1) is 0 Å². The van der Waals surface area contributed by atoms with Gasteiger partial charge in [0.25, 0.3) is 0 Å². The second-order valence-corrected chi connectivity index (χ2v) is 4.97. The highest BCUT2D eigenvalue weighted by molar-refractivity contribution is 4.62. The minimum absolute atomic E-state index is 0.0977. The van der Waals surface area contributed by atoms with Crippen molar-refractivity contribution in [2.24, 2.45) is 5.41 Å². The van der Waals surface area contributed by atoms with E-state index in [1.165, 1.54) is 12.8 Å². The number of rotatable bonds is 6. The zero-order valence-corrected chi connectivity index (χ0v) is 9.21. The Balaban J connectivity index is 3.25. The molecule has 0 radical (unpaired) electrons. The van der Waals surface area contributed by atoms with Crippen molar-refractivity contribution < 1.29 is 10.2 Å². The van der Waals surface area contributed by atoms with Crippen LogP contribution in [0.1, 0.15) is 52.9 Å². The molecule has 0 bridgehead atoms. The first-order valence-electron chi connectivity index (χ1n) is 5.24. The summed E-state index contributed by atoms with van der Waals surface area (Å²) in [6, 6.07) is 0. The normalized spacial score (nSPS) is 14.5. The van der Waals surface area contributed by atoms with Crippen LogP contribution in [0.5, 0.6) is 0 Å². The predicted molar refractivity (Wildman–Crippen MR) is 55.6 cm³/mol. The molecule has 80 valence electrons. The first kappa shape index (κ1) is 12.9. The molecule has 0 saturated heterocycles. The van der Waals surface area contributed by atoms with Gasteiger partial charge >= 0.3 is 0 Å². The standard InChI is InChI=1S/C11H24O2/c1-11(2,3)8-5-4-6-10(13)7-9-12/h10,12-13H,4-9H2,1-3H3. The summed E-state index contributed by atoms with van der Waals surface area (Å²) < 4.78 is 0. The summed E-state index contributed by atoms with van der Waals surface area (Å²) in [5, 5.41) is 17.9. The lowest BCUT2D eigenvalue weighted by Crippen LogP contribution is -2.09. The third-order valence-electron chi connectivity index (χ3n) is 2.18. The monoisotopic (exact) mass is 188 g/mol. The molecule has 0 fully saturated rings. The second-order valence-electron chi connectivity index (χ2n) is 4.97. The molecule has 0 aromatic carbocycles. The van der Waals surface area contributed by atoms with E-state index in [4.69, 9.17) is 5.11 Å². The molecule has 2 nitrogen and oxygen atoms in total. The molecular formula is C11H24O2. The minimum Gasteiger partial charge on any atom is -0.396 e. The van der Waals surface area contributed by atoms with Crippen LogP contribution in [0, 0.1) is 5.41 Å². The maximum absolute atomic E-state index is 9.32. The van der Waals surface area contributed by atoms with E-state index in [1.54, 1.807) is 0 Å². The molecule has 0 amide bonds. The highest BCUT2D eigenvalue weighted by Gasteiger charge is 2.09. The van der Waals surface area contributed by atoms with Crippen LogP contribution in [-0.4, -0.2) is 22.9 Å². The van der Waals surface area contributed by atoms with E-state index in [0.29, 0.717) is 11.8 Å². The first-order chi connectivity index (χ1) is 5.95. The number of hydrogen-bond donors (Lipinski definition) is 2. The molecule has 0 heterocycles. The molecule has 0 saturated carbocycles. The van der Waals surface area contributed by atoms with Gasteiger partial charge in [0.1, 0.15) is 0 Å². The summed E-state index contributed by atoms with van der Waals surface area (Å²) in [6.07, 6.45) is 4.50. The smallest absolute Gasteiger partial charge is 0.0562 e. The molecule has 0 aliphatic rings. The van der Waals surface area contributed by atoms with Crippen molar-refractivity contribution in [3.05, 3.63) is 0 Å². The first-order valence-corrected chi connectivity index (χ1v) is 5.24. The molecule has 13 heavy (non-hydrogen) atoms. The molecule has 0 aliphatic carbocycles. The summed E-state index contributed by atoms with van der Waals surface area (Å²) in [5.41, 5.74) is 0.405. The summed E-state index contributed by atoms with van der Waals surface area (Å²) in [5.74, 6) is 0. The molecular weight excluding hydrogens is 164 g/mol. The average Bonchev–Trinajstić information content (AvgIpc) is 1.97. The van der Waals surface area contributed by atoms with Gasteiger partial charge in [-0.2, -0.15) is 0 Å². The fourth-order valence-corrected chi connectivity index (χ4v) is 1.33. The Kier molecular flexibility index (Phi) is 6.35. The predicted octanol–water partition coefficient (Wildman–Crippen LogP) is 2.34. The van der Waals surface area contributed by atoms with Crippen LogP contribution in [0.15, 0.2) is 0 Å². The van der Waals surface area contributed by atoms with Gasteiger partial charge in [0.15, 0.2) is 0 Å². The third-order valence-corrected chi connectivity index (χ3v) is 2.18. The number of aliphatic hydroxyl groups excluding tert-OH is 2. The summed E-state index contributed by atoms with van der Waals surface area (Å²) in [7, 11) is 0. The zero-order valence-electron chi connectivity index (χ0n) is 9.21. The van der Waals surface area contributed by atoms with Crippen molar-refractivity contribution in [3.8, 4) is 0 Å². The Morgan fingerprint density at radius 3 is 2.15 bits per heavy atom.